The zero-order chi connectivity index (χ0) is 15.1. The molecule has 1 atom stereocenters. The minimum atomic E-state index is -0.243. The van der Waals surface area contributed by atoms with Crippen molar-refractivity contribution in [1.29, 1.82) is 0 Å². The molecule has 5 nitrogen and oxygen atoms in total. The summed E-state index contributed by atoms with van der Waals surface area (Å²) in [5, 5.41) is 6.15. The molecule has 122 valence electrons. The van der Waals surface area contributed by atoms with Gasteiger partial charge in [0.15, 0.2) is 0 Å². The van der Waals surface area contributed by atoms with E-state index in [1.54, 1.807) is 0 Å². The second-order valence-electron chi connectivity index (χ2n) is 5.37. The molecule has 2 N–H and O–H groups in total. The maximum atomic E-state index is 12.1. The Labute approximate surface area is 137 Å². The van der Waals surface area contributed by atoms with E-state index in [2.05, 4.69) is 15.4 Å². The number of rotatable bonds is 7. The quantitative estimate of drug-likeness (QED) is 0.741. The molecule has 2 rings (SSSR count). The predicted octanol–water partition coefficient (Wildman–Crippen LogP) is 1.31. The highest BCUT2D eigenvalue weighted by molar-refractivity contribution is 5.85. The van der Waals surface area contributed by atoms with Crippen molar-refractivity contribution in [2.75, 3.05) is 20.2 Å². The van der Waals surface area contributed by atoms with Crippen molar-refractivity contribution in [3.8, 4) is 0 Å². The van der Waals surface area contributed by atoms with Gasteiger partial charge in [0.1, 0.15) is 0 Å². The van der Waals surface area contributed by atoms with Crippen molar-refractivity contribution >= 4 is 24.3 Å². The molecule has 1 saturated heterocycles. The first-order valence-electron chi connectivity index (χ1n) is 7.31. The Morgan fingerprint density at radius 1 is 1.32 bits per heavy atom. The topological polar surface area (TPSA) is 67.4 Å². The van der Waals surface area contributed by atoms with E-state index in [4.69, 9.17) is 0 Å². The fourth-order valence-corrected chi connectivity index (χ4v) is 2.31. The van der Waals surface area contributed by atoms with Gasteiger partial charge >= 0.3 is 5.97 Å². The number of nitrogens with one attached hydrogen (secondary N) is 2. The standard InChI is InChI=1S/C16H22N2O3.ClH/c1-21-15(19)8-7-14(9-12-5-3-2-4-6-12)18-16(20)13-10-17-11-13;/h2-6,13-14,17H,7-11H2,1H3,(H,18,20);1H. The molecular weight excluding hydrogens is 304 g/mol. The number of halogens is 1. The third-order valence-electron chi connectivity index (χ3n) is 3.75. The van der Waals surface area contributed by atoms with E-state index in [0.29, 0.717) is 12.8 Å². The lowest BCUT2D eigenvalue weighted by Gasteiger charge is -2.28. The molecule has 0 bridgehead atoms. The van der Waals surface area contributed by atoms with Crippen LogP contribution in [-0.4, -0.2) is 38.1 Å². The predicted molar refractivity (Wildman–Crippen MR) is 86.9 cm³/mol. The van der Waals surface area contributed by atoms with Crippen LogP contribution < -0.4 is 10.6 Å². The van der Waals surface area contributed by atoms with Crippen molar-refractivity contribution < 1.29 is 14.3 Å². The third kappa shape index (κ3) is 5.66. The first kappa shape index (κ1) is 18.5. The number of hydrogen-bond donors (Lipinski definition) is 2. The van der Waals surface area contributed by atoms with Crippen LogP contribution in [0.1, 0.15) is 18.4 Å². The fraction of sp³-hybridized carbons (Fsp3) is 0.500. The molecule has 0 aliphatic carbocycles. The zero-order valence-corrected chi connectivity index (χ0v) is 13.5. The Hall–Kier alpha value is -1.59. The highest BCUT2D eigenvalue weighted by Gasteiger charge is 2.26. The van der Waals surface area contributed by atoms with Gasteiger partial charge in [0.2, 0.25) is 5.91 Å². The molecule has 6 heteroatoms. The van der Waals surface area contributed by atoms with Crippen molar-refractivity contribution in [2.24, 2.45) is 5.92 Å². The molecule has 1 heterocycles. The Kier molecular flexibility index (Phi) is 7.91. The SMILES string of the molecule is COC(=O)CCC(Cc1ccccc1)NC(=O)C1CNC1.Cl. The lowest BCUT2D eigenvalue weighted by Crippen LogP contribution is -2.53. The van der Waals surface area contributed by atoms with Crippen LogP contribution in [0.5, 0.6) is 0 Å². The molecule has 1 amide bonds. The Morgan fingerprint density at radius 2 is 2.00 bits per heavy atom. The van der Waals surface area contributed by atoms with Gasteiger partial charge in [0.25, 0.3) is 0 Å². The van der Waals surface area contributed by atoms with Crippen molar-refractivity contribution in [1.82, 2.24) is 10.6 Å². The van der Waals surface area contributed by atoms with Gasteiger partial charge in [-0.15, -0.1) is 12.4 Å². The summed E-state index contributed by atoms with van der Waals surface area (Å²) in [7, 11) is 1.38. The van der Waals surface area contributed by atoms with E-state index in [1.807, 2.05) is 30.3 Å². The highest BCUT2D eigenvalue weighted by atomic mass is 35.5. The van der Waals surface area contributed by atoms with E-state index in [1.165, 1.54) is 7.11 Å². The van der Waals surface area contributed by atoms with Crippen LogP contribution >= 0.6 is 12.4 Å². The maximum Gasteiger partial charge on any atom is 0.305 e. The fourth-order valence-electron chi connectivity index (χ4n) is 2.31. The average molecular weight is 327 g/mol. The minimum Gasteiger partial charge on any atom is -0.469 e. The molecule has 1 aromatic rings. The summed E-state index contributed by atoms with van der Waals surface area (Å²) in [6.45, 7) is 1.47. The van der Waals surface area contributed by atoms with Gasteiger partial charge in [-0.2, -0.15) is 0 Å². The molecule has 0 radical (unpaired) electrons. The van der Waals surface area contributed by atoms with Crippen LogP contribution in [-0.2, 0) is 20.7 Å². The van der Waals surface area contributed by atoms with Crippen LogP contribution in [0.3, 0.4) is 0 Å². The molecule has 0 spiro atoms. The summed E-state index contributed by atoms with van der Waals surface area (Å²) in [5.41, 5.74) is 1.15. The van der Waals surface area contributed by atoms with Gasteiger partial charge in [-0.1, -0.05) is 30.3 Å². The third-order valence-corrected chi connectivity index (χ3v) is 3.75. The van der Waals surface area contributed by atoms with E-state index < -0.39 is 0 Å². The van der Waals surface area contributed by atoms with Crippen LogP contribution in [0.15, 0.2) is 30.3 Å². The molecule has 0 aromatic heterocycles. The van der Waals surface area contributed by atoms with Crippen LogP contribution in [0.25, 0.3) is 0 Å². The maximum absolute atomic E-state index is 12.1. The van der Waals surface area contributed by atoms with Gasteiger partial charge in [0.05, 0.1) is 13.0 Å². The molecule has 1 unspecified atom stereocenters. The summed E-state index contributed by atoms with van der Waals surface area (Å²) in [6, 6.07) is 9.93. The molecule has 0 saturated carbocycles. The van der Waals surface area contributed by atoms with E-state index in [-0.39, 0.29) is 36.2 Å². The van der Waals surface area contributed by atoms with Gasteiger partial charge in [-0.25, -0.2) is 0 Å². The van der Waals surface area contributed by atoms with Gasteiger partial charge < -0.3 is 15.4 Å². The van der Waals surface area contributed by atoms with Crippen molar-refractivity contribution in [2.45, 2.75) is 25.3 Å². The number of carbonyl (C=O) groups is 2. The second kappa shape index (κ2) is 9.43. The first-order chi connectivity index (χ1) is 10.2. The van der Waals surface area contributed by atoms with E-state index >= 15 is 0 Å². The summed E-state index contributed by atoms with van der Waals surface area (Å²) < 4.78 is 4.67. The molecule has 1 aromatic carbocycles. The van der Waals surface area contributed by atoms with Gasteiger partial charge in [-0.3, -0.25) is 9.59 Å². The smallest absolute Gasteiger partial charge is 0.305 e. The zero-order valence-electron chi connectivity index (χ0n) is 12.7. The Balaban J connectivity index is 0.00000242. The van der Waals surface area contributed by atoms with Crippen molar-refractivity contribution in [3.05, 3.63) is 35.9 Å². The van der Waals surface area contributed by atoms with Gasteiger partial charge in [-0.05, 0) is 18.4 Å². The van der Waals surface area contributed by atoms with Crippen molar-refractivity contribution in [3.63, 3.8) is 0 Å². The molecule has 1 aliphatic rings. The lowest BCUT2D eigenvalue weighted by molar-refractivity contribution is -0.141. The Morgan fingerprint density at radius 3 is 2.55 bits per heavy atom. The summed E-state index contributed by atoms with van der Waals surface area (Å²) in [4.78, 5) is 23.4. The highest BCUT2D eigenvalue weighted by Crippen LogP contribution is 2.10. The number of benzene rings is 1. The first-order valence-corrected chi connectivity index (χ1v) is 7.31. The number of carbonyl (C=O) groups excluding carboxylic acids is 2. The molecular formula is C16H23ClN2O3. The molecule has 22 heavy (non-hydrogen) atoms. The monoisotopic (exact) mass is 326 g/mol. The van der Waals surface area contributed by atoms with E-state index in [0.717, 1.165) is 25.1 Å². The largest absolute Gasteiger partial charge is 0.469 e. The number of methoxy groups -OCH3 is 1. The van der Waals surface area contributed by atoms with E-state index in [9.17, 15) is 9.59 Å². The number of ether oxygens (including phenoxy) is 1. The molecule has 1 fully saturated rings. The van der Waals surface area contributed by atoms with Crippen LogP contribution in [0.4, 0.5) is 0 Å². The lowest BCUT2D eigenvalue weighted by atomic mass is 9.98. The summed E-state index contributed by atoms with van der Waals surface area (Å²) >= 11 is 0. The van der Waals surface area contributed by atoms with Crippen LogP contribution in [0.2, 0.25) is 0 Å². The van der Waals surface area contributed by atoms with Crippen LogP contribution in [0, 0.1) is 5.92 Å². The Bertz CT molecular complexity index is 478. The number of amides is 1. The average Bonchev–Trinajstić information content (AvgIpc) is 2.43. The van der Waals surface area contributed by atoms with Gasteiger partial charge in [0, 0.05) is 25.6 Å². The normalized spacial score (nSPS) is 15.1. The second-order valence-corrected chi connectivity index (χ2v) is 5.37. The summed E-state index contributed by atoms with van der Waals surface area (Å²) in [6.07, 6.45) is 1.63. The number of hydrogen-bond acceptors (Lipinski definition) is 4. The summed E-state index contributed by atoms with van der Waals surface area (Å²) in [5.74, 6) is -0.117. The minimum absolute atomic E-state index is 0. The molecule has 1 aliphatic heterocycles. The number of esters is 1.